The molecule has 1 aliphatic rings. The van der Waals surface area contributed by atoms with Crippen LogP contribution < -0.4 is 10.2 Å². The maximum atomic E-state index is 12.7. The number of nitrogens with zero attached hydrogens (tertiary/aromatic N) is 5. The Morgan fingerprint density at radius 1 is 1.06 bits per heavy atom. The molecule has 168 valence electrons. The van der Waals surface area contributed by atoms with E-state index in [0.717, 1.165) is 42.9 Å². The largest absolute Gasteiger partial charge is 0.355 e. The van der Waals surface area contributed by atoms with Crippen molar-refractivity contribution in [2.45, 2.75) is 26.3 Å². The van der Waals surface area contributed by atoms with E-state index in [1.165, 1.54) is 5.56 Å². The Kier molecular flexibility index (Phi) is 5.96. The average Bonchev–Trinajstić information content (AvgIpc) is 3.26. The Morgan fingerprint density at radius 3 is 2.61 bits per heavy atom. The number of piperidine rings is 1. The molecular formula is C25H25ClN6O. The van der Waals surface area contributed by atoms with Crippen molar-refractivity contribution in [2.24, 2.45) is 5.92 Å². The van der Waals surface area contributed by atoms with Gasteiger partial charge in [0, 0.05) is 36.1 Å². The standard InChI is InChI=1S/C25H25ClN6O/c1-17-3-2-4-18(15-17)16-27-25(33)20-11-13-31(14-12-20)23-10-9-22-28-29-24(32(22)30-23)19-5-7-21(26)8-6-19/h2-10,15,20H,11-14,16H2,1H3,(H,27,33). The summed E-state index contributed by atoms with van der Waals surface area (Å²) >= 11 is 6.02. The SMILES string of the molecule is Cc1cccc(CNC(=O)C2CCN(c3ccc4nnc(-c5ccc(Cl)cc5)n4n3)CC2)c1. The number of carbonyl (C=O) groups is 1. The third-order valence-corrected chi connectivity index (χ3v) is 6.34. The summed E-state index contributed by atoms with van der Waals surface area (Å²) in [4.78, 5) is 14.9. The van der Waals surface area contributed by atoms with Gasteiger partial charge in [-0.15, -0.1) is 15.3 Å². The van der Waals surface area contributed by atoms with E-state index < -0.39 is 0 Å². The summed E-state index contributed by atoms with van der Waals surface area (Å²) in [5.74, 6) is 1.68. The molecule has 2 aromatic heterocycles. The van der Waals surface area contributed by atoms with Crippen LogP contribution in [0.25, 0.3) is 17.0 Å². The van der Waals surface area contributed by atoms with E-state index in [0.29, 0.717) is 23.0 Å². The number of rotatable bonds is 5. The van der Waals surface area contributed by atoms with Crippen LogP contribution in [0.1, 0.15) is 24.0 Å². The molecule has 8 heteroatoms. The summed E-state index contributed by atoms with van der Waals surface area (Å²) < 4.78 is 1.76. The molecule has 1 aliphatic heterocycles. The number of hydrogen-bond acceptors (Lipinski definition) is 5. The van der Waals surface area contributed by atoms with E-state index in [1.807, 2.05) is 48.5 Å². The van der Waals surface area contributed by atoms with Crippen LogP contribution in [0.4, 0.5) is 5.82 Å². The minimum atomic E-state index is 0.0225. The molecular weight excluding hydrogens is 436 g/mol. The van der Waals surface area contributed by atoms with Gasteiger partial charge in [0.2, 0.25) is 5.91 Å². The first-order chi connectivity index (χ1) is 16.1. The van der Waals surface area contributed by atoms with Crippen molar-refractivity contribution in [2.75, 3.05) is 18.0 Å². The molecule has 1 saturated heterocycles. The summed E-state index contributed by atoms with van der Waals surface area (Å²) in [7, 11) is 0. The van der Waals surface area contributed by atoms with E-state index in [4.69, 9.17) is 16.7 Å². The van der Waals surface area contributed by atoms with Gasteiger partial charge in [-0.05, 0) is 61.7 Å². The second-order valence-electron chi connectivity index (χ2n) is 8.46. The van der Waals surface area contributed by atoms with Gasteiger partial charge in [0.15, 0.2) is 11.5 Å². The first-order valence-electron chi connectivity index (χ1n) is 11.1. The van der Waals surface area contributed by atoms with Crippen LogP contribution in [-0.2, 0) is 11.3 Å². The third-order valence-electron chi connectivity index (χ3n) is 6.09. The van der Waals surface area contributed by atoms with Crippen molar-refractivity contribution in [3.63, 3.8) is 0 Å². The van der Waals surface area contributed by atoms with Gasteiger partial charge < -0.3 is 10.2 Å². The zero-order chi connectivity index (χ0) is 22.8. The topological polar surface area (TPSA) is 75.4 Å². The van der Waals surface area contributed by atoms with Crippen molar-refractivity contribution < 1.29 is 4.79 Å². The summed E-state index contributed by atoms with van der Waals surface area (Å²) in [6, 6.07) is 19.6. The number of aryl methyl sites for hydroxylation is 1. The quantitative estimate of drug-likeness (QED) is 0.481. The highest BCUT2D eigenvalue weighted by Crippen LogP contribution is 2.25. The summed E-state index contributed by atoms with van der Waals surface area (Å²) in [6.07, 6.45) is 1.59. The highest BCUT2D eigenvalue weighted by molar-refractivity contribution is 6.30. The highest BCUT2D eigenvalue weighted by Gasteiger charge is 2.26. The van der Waals surface area contributed by atoms with Crippen LogP contribution in [0.3, 0.4) is 0 Å². The molecule has 5 rings (SSSR count). The molecule has 0 bridgehead atoms. The Bertz CT molecular complexity index is 1280. The van der Waals surface area contributed by atoms with E-state index in [-0.39, 0.29) is 11.8 Å². The number of anilines is 1. The van der Waals surface area contributed by atoms with Gasteiger partial charge in [0.25, 0.3) is 0 Å². The molecule has 1 fully saturated rings. The molecule has 7 nitrogen and oxygen atoms in total. The zero-order valence-electron chi connectivity index (χ0n) is 18.4. The second kappa shape index (κ2) is 9.19. The predicted octanol–water partition coefficient (Wildman–Crippen LogP) is 4.29. The fraction of sp³-hybridized carbons (Fsp3) is 0.280. The minimum absolute atomic E-state index is 0.0225. The van der Waals surface area contributed by atoms with Gasteiger partial charge >= 0.3 is 0 Å². The van der Waals surface area contributed by atoms with Crippen molar-refractivity contribution in [1.29, 1.82) is 0 Å². The summed E-state index contributed by atoms with van der Waals surface area (Å²) in [5, 5.41) is 17.1. The van der Waals surface area contributed by atoms with E-state index >= 15 is 0 Å². The molecule has 0 spiro atoms. The molecule has 3 heterocycles. The van der Waals surface area contributed by atoms with Gasteiger partial charge in [-0.25, -0.2) is 0 Å². The molecule has 0 atom stereocenters. The number of aromatic nitrogens is 4. The molecule has 0 unspecified atom stereocenters. The van der Waals surface area contributed by atoms with Gasteiger partial charge in [0.1, 0.15) is 5.82 Å². The maximum absolute atomic E-state index is 12.7. The number of amides is 1. The molecule has 1 amide bonds. The van der Waals surface area contributed by atoms with Crippen molar-refractivity contribution in [1.82, 2.24) is 25.1 Å². The molecule has 4 aromatic rings. The lowest BCUT2D eigenvalue weighted by atomic mass is 9.96. The summed E-state index contributed by atoms with van der Waals surface area (Å²) in [5.41, 5.74) is 3.92. The Hall–Kier alpha value is -3.45. The predicted molar refractivity (Wildman–Crippen MR) is 129 cm³/mol. The first kappa shape index (κ1) is 21.4. The molecule has 0 aliphatic carbocycles. The van der Waals surface area contributed by atoms with Crippen LogP contribution in [0.15, 0.2) is 60.7 Å². The van der Waals surface area contributed by atoms with Crippen molar-refractivity contribution in [3.8, 4) is 11.4 Å². The smallest absolute Gasteiger partial charge is 0.223 e. The first-order valence-corrected chi connectivity index (χ1v) is 11.5. The number of benzene rings is 2. The van der Waals surface area contributed by atoms with Crippen LogP contribution >= 0.6 is 11.6 Å². The van der Waals surface area contributed by atoms with E-state index in [2.05, 4.69) is 39.5 Å². The Labute approximate surface area is 197 Å². The lowest BCUT2D eigenvalue weighted by Crippen LogP contribution is -2.40. The van der Waals surface area contributed by atoms with Crippen molar-refractivity contribution in [3.05, 3.63) is 76.8 Å². The maximum Gasteiger partial charge on any atom is 0.223 e. The van der Waals surface area contributed by atoms with Gasteiger partial charge in [-0.3, -0.25) is 4.79 Å². The Balaban J connectivity index is 1.24. The normalized spacial score (nSPS) is 14.5. The van der Waals surface area contributed by atoms with Crippen LogP contribution in [0, 0.1) is 12.8 Å². The number of fused-ring (bicyclic) bond motifs is 1. The number of halogens is 1. The second-order valence-corrected chi connectivity index (χ2v) is 8.90. The number of nitrogens with one attached hydrogen (secondary N) is 1. The lowest BCUT2D eigenvalue weighted by Gasteiger charge is -2.32. The van der Waals surface area contributed by atoms with E-state index in [9.17, 15) is 4.79 Å². The molecule has 0 saturated carbocycles. The monoisotopic (exact) mass is 460 g/mol. The summed E-state index contributed by atoms with van der Waals surface area (Å²) in [6.45, 7) is 4.18. The van der Waals surface area contributed by atoms with Crippen molar-refractivity contribution >= 4 is 29.0 Å². The fourth-order valence-corrected chi connectivity index (χ4v) is 4.38. The van der Waals surface area contributed by atoms with Gasteiger partial charge in [-0.1, -0.05) is 41.4 Å². The van der Waals surface area contributed by atoms with Crippen LogP contribution in [0.5, 0.6) is 0 Å². The average molecular weight is 461 g/mol. The van der Waals surface area contributed by atoms with E-state index in [1.54, 1.807) is 4.52 Å². The number of hydrogen-bond donors (Lipinski definition) is 1. The fourth-order valence-electron chi connectivity index (χ4n) is 4.25. The number of carbonyl (C=O) groups excluding carboxylic acids is 1. The van der Waals surface area contributed by atoms with Crippen LogP contribution in [-0.4, -0.2) is 38.8 Å². The highest BCUT2D eigenvalue weighted by atomic mass is 35.5. The Morgan fingerprint density at radius 2 is 1.85 bits per heavy atom. The van der Waals surface area contributed by atoms with Crippen LogP contribution in [0.2, 0.25) is 5.02 Å². The van der Waals surface area contributed by atoms with Gasteiger partial charge in [-0.2, -0.15) is 4.52 Å². The molecule has 0 radical (unpaired) electrons. The molecule has 1 N–H and O–H groups in total. The molecule has 2 aromatic carbocycles. The lowest BCUT2D eigenvalue weighted by molar-refractivity contribution is -0.125. The zero-order valence-corrected chi connectivity index (χ0v) is 19.2. The minimum Gasteiger partial charge on any atom is -0.355 e. The molecule has 33 heavy (non-hydrogen) atoms. The van der Waals surface area contributed by atoms with Gasteiger partial charge in [0.05, 0.1) is 0 Å². The third kappa shape index (κ3) is 4.68.